The lowest BCUT2D eigenvalue weighted by molar-refractivity contribution is -0.137. The van der Waals surface area contributed by atoms with Gasteiger partial charge in [-0.3, -0.25) is 13.9 Å². The number of sulfonamides is 1. The standard InChI is InChI=1S/C17H24N2O5S/c1-12(2)18(10-8-16(20)21)17(22)14-6-7-15-13(11-14)5-4-9-19(15)25(3,23)24/h6-7,11-12H,4-5,8-10H2,1-3H3,(H,20,21). The minimum atomic E-state index is -3.35. The lowest BCUT2D eigenvalue weighted by Crippen LogP contribution is -2.39. The number of hydrogen-bond donors (Lipinski definition) is 1. The van der Waals surface area contributed by atoms with Crippen LogP contribution in [0.3, 0.4) is 0 Å². The summed E-state index contributed by atoms with van der Waals surface area (Å²) in [6, 6.07) is 4.88. The highest BCUT2D eigenvalue weighted by Crippen LogP contribution is 2.30. The molecule has 7 nitrogen and oxygen atoms in total. The van der Waals surface area contributed by atoms with Crippen LogP contribution in [0.2, 0.25) is 0 Å². The van der Waals surface area contributed by atoms with Gasteiger partial charge < -0.3 is 10.0 Å². The van der Waals surface area contributed by atoms with E-state index in [1.54, 1.807) is 18.2 Å². The lowest BCUT2D eigenvalue weighted by Gasteiger charge is -2.30. The molecular formula is C17H24N2O5S. The molecule has 1 aliphatic rings. The Morgan fingerprint density at radius 3 is 2.56 bits per heavy atom. The van der Waals surface area contributed by atoms with Crippen LogP contribution in [0, 0.1) is 0 Å². The molecule has 1 aromatic rings. The monoisotopic (exact) mass is 368 g/mol. The molecule has 0 bridgehead atoms. The van der Waals surface area contributed by atoms with Crippen LogP contribution in [0.25, 0.3) is 0 Å². The molecule has 0 unspecified atom stereocenters. The summed E-state index contributed by atoms with van der Waals surface area (Å²) in [7, 11) is -3.35. The summed E-state index contributed by atoms with van der Waals surface area (Å²) in [5.74, 6) is -1.19. The number of carboxylic acid groups (broad SMARTS) is 1. The van der Waals surface area contributed by atoms with Gasteiger partial charge in [0.15, 0.2) is 0 Å². The highest BCUT2D eigenvalue weighted by Gasteiger charge is 2.26. The van der Waals surface area contributed by atoms with E-state index < -0.39 is 16.0 Å². The maximum atomic E-state index is 12.8. The molecule has 8 heteroatoms. The van der Waals surface area contributed by atoms with Crippen molar-refractivity contribution in [1.82, 2.24) is 4.90 Å². The average molecular weight is 368 g/mol. The van der Waals surface area contributed by atoms with E-state index >= 15 is 0 Å². The predicted molar refractivity (Wildman–Crippen MR) is 95.4 cm³/mol. The zero-order valence-corrected chi connectivity index (χ0v) is 15.5. The Labute approximate surface area is 148 Å². The maximum absolute atomic E-state index is 12.8. The number of nitrogens with zero attached hydrogens (tertiary/aromatic N) is 2. The normalized spacial score (nSPS) is 14.3. The molecule has 1 aromatic carbocycles. The Morgan fingerprint density at radius 2 is 2.00 bits per heavy atom. The van der Waals surface area contributed by atoms with E-state index in [0.29, 0.717) is 30.6 Å². The number of fused-ring (bicyclic) bond motifs is 1. The van der Waals surface area contributed by atoms with Gasteiger partial charge in [-0.2, -0.15) is 0 Å². The molecule has 25 heavy (non-hydrogen) atoms. The summed E-state index contributed by atoms with van der Waals surface area (Å²) in [6.07, 6.45) is 2.47. The highest BCUT2D eigenvalue weighted by atomic mass is 32.2. The lowest BCUT2D eigenvalue weighted by atomic mass is 10.00. The third-order valence-corrected chi connectivity index (χ3v) is 5.43. The smallest absolute Gasteiger partial charge is 0.305 e. The molecule has 0 fully saturated rings. The predicted octanol–water partition coefficient (Wildman–Crippen LogP) is 1.72. The van der Waals surface area contributed by atoms with Gasteiger partial charge in [-0.1, -0.05) is 0 Å². The number of carbonyl (C=O) groups excluding carboxylic acids is 1. The topological polar surface area (TPSA) is 95.0 Å². The van der Waals surface area contributed by atoms with Crippen LogP contribution in [0.15, 0.2) is 18.2 Å². The van der Waals surface area contributed by atoms with Crippen LogP contribution in [0.5, 0.6) is 0 Å². The number of rotatable bonds is 6. The summed E-state index contributed by atoms with van der Waals surface area (Å²) >= 11 is 0. The van der Waals surface area contributed by atoms with E-state index in [1.807, 2.05) is 13.8 Å². The van der Waals surface area contributed by atoms with E-state index in [0.717, 1.165) is 5.56 Å². The van der Waals surface area contributed by atoms with Gasteiger partial charge >= 0.3 is 5.97 Å². The minimum absolute atomic E-state index is 0.114. The van der Waals surface area contributed by atoms with Crippen LogP contribution < -0.4 is 4.31 Å². The van der Waals surface area contributed by atoms with Crippen molar-refractivity contribution in [1.29, 1.82) is 0 Å². The number of carboxylic acids is 1. The molecule has 138 valence electrons. The van der Waals surface area contributed by atoms with E-state index in [9.17, 15) is 18.0 Å². The van der Waals surface area contributed by atoms with Gasteiger partial charge in [0.25, 0.3) is 5.91 Å². The van der Waals surface area contributed by atoms with Crippen molar-refractivity contribution in [3.05, 3.63) is 29.3 Å². The second-order valence-electron chi connectivity index (χ2n) is 6.52. The van der Waals surface area contributed by atoms with E-state index in [2.05, 4.69) is 0 Å². The highest BCUT2D eigenvalue weighted by molar-refractivity contribution is 7.92. The molecule has 1 heterocycles. The SMILES string of the molecule is CC(C)N(CCC(=O)O)C(=O)c1ccc2c(c1)CCCN2S(C)(=O)=O. The largest absolute Gasteiger partial charge is 0.481 e. The number of hydrogen-bond acceptors (Lipinski definition) is 4. The summed E-state index contributed by atoms with van der Waals surface area (Å²) < 4.78 is 25.2. The molecular weight excluding hydrogens is 344 g/mol. The van der Waals surface area contributed by atoms with Gasteiger partial charge in [-0.25, -0.2) is 8.42 Å². The van der Waals surface area contributed by atoms with Crippen LogP contribution in [0.4, 0.5) is 5.69 Å². The number of amides is 1. The average Bonchev–Trinajstić information content (AvgIpc) is 2.52. The van der Waals surface area contributed by atoms with Gasteiger partial charge in [-0.15, -0.1) is 0 Å². The Hall–Kier alpha value is -2.09. The van der Waals surface area contributed by atoms with Crippen molar-refractivity contribution in [3.8, 4) is 0 Å². The van der Waals surface area contributed by atoms with Crippen molar-refractivity contribution < 1.29 is 23.1 Å². The first-order valence-electron chi connectivity index (χ1n) is 8.24. The molecule has 0 spiro atoms. The molecule has 1 amide bonds. The third kappa shape index (κ3) is 4.50. The number of anilines is 1. The van der Waals surface area contributed by atoms with E-state index in [1.165, 1.54) is 15.5 Å². The Balaban J connectivity index is 2.31. The molecule has 1 aliphatic heterocycles. The molecule has 0 atom stereocenters. The van der Waals surface area contributed by atoms with Gasteiger partial charge in [0.1, 0.15) is 0 Å². The quantitative estimate of drug-likeness (QED) is 0.825. The van der Waals surface area contributed by atoms with Crippen molar-refractivity contribution in [2.75, 3.05) is 23.7 Å². The molecule has 0 aromatic heterocycles. The zero-order chi connectivity index (χ0) is 18.8. The van der Waals surface area contributed by atoms with Crippen molar-refractivity contribution in [2.45, 2.75) is 39.2 Å². The van der Waals surface area contributed by atoms with Crippen molar-refractivity contribution in [2.24, 2.45) is 0 Å². The molecule has 0 saturated heterocycles. The van der Waals surface area contributed by atoms with Crippen LogP contribution >= 0.6 is 0 Å². The first kappa shape index (κ1) is 19.2. The first-order valence-corrected chi connectivity index (χ1v) is 10.1. The van der Waals surface area contributed by atoms with Gasteiger partial charge in [0, 0.05) is 24.7 Å². The fraction of sp³-hybridized carbons (Fsp3) is 0.529. The third-order valence-electron chi connectivity index (χ3n) is 4.25. The second-order valence-corrected chi connectivity index (χ2v) is 8.43. The number of aliphatic carboxylic acids is 1. The number of aryl methyl sites for hydroxylation is 1. The van der Waals surface area contributed by atoms with E-state index in [4.69, 9.17) is 5.11 Å². The second kappa shape index (κ2) is 7.43. The van der Waals surface area contributed by atoms with E-state index in [-0.39, 0.29) is 24.9 Å². The fourth-order valence-corrected chi connectivity index (χ4v) is 4.01. The molecule has 0 saturated carbocycles. The summed E-state index contributed by atoms with van der Waals surface area (Å²) in [6.45, 7) is 4.25. The molecule has 2 rings (SSSR count). The first-order chi connectivity index (χ1) is 11.6. The zero-order valence-electron chi connectivity index (χ0n) is 14.7. The molecule has 0 aliphatic carbocycles. The number of benzene rings is 1. The maximum Gasteiger partial charge on any atom is 0.305 e. The minimum Gasteiger partial charge on any atom is -0.481 e. The van der Waals surface area contributed by atoms with Crippen LogP contribution in [-0.4, -0.2) is 55.7 Å². The van der Waals surface area contributed by atoms with Crippen LogP contribution in [-0.2, 0) is 21.2 Å². The van der Waals surface area contributed by atoms with Crippen LogP contribution in [0.1, 0.15) is 42.6 Å². The Morgan fingerprint density at radius 1 is 1.32 bits per heavy atom. The van der Waals surface area contributed by atoms with Gasteiger partial charge in [0.2, 0.25) is 10.0 Å². The summed E-state index contributed by atoms with van der Waals surface area (Å²) in [5.41, 5.74) is 1.89. The van der Waals surface area contributed by atoms with Crippen molar-refractivity contribution in [3.63, 3.8) is 0 Å². The Kier molecular flexibility index (Phi) is 5.72. The van der Waals surface area contributed by atoms with Gasteiger partial charge in [-0.05, 0) is 50.5 Å². The fourth-order valence-electron chi connectivity index (χ4n) is 3.02. The van der Waals surface area contributed by atoms with Gasteiger partial charge in [0.05, 0.1) is 18.4 Å². The molecule has 1 N–H and O–H groups in total. The number of carbonyl (C=O) groups is 2. The van der Waals surface area contributed by atoms with Crippen molar-refractivity contribution >= 4 is 27.6 Å². The summed E-state index contributed by atoms with van der Waals surface area (Å²) in [4.78, 5) is 25.1. The summed E-state index contributed by atoms with van der Waals surface area (Å²) in [5, 5.41) is 8.86. The Bertz CT molecular complexity index is 773. The molecule has 0 radical (unpaired) electrons.